The van der Waals surface area contributed by atoms with Gasteiger partial charge in [-0.2, -0.15) is 0 Å². The largest absolute Gasteiger partial charge is 0.337 e. The quantitative estimate of drug-likeness (QED) is 0.695. The summed E-state index contributed by atoms with van der Waals surface area (Å²) in [6, 6.07) is 3.68. The number of hydrogen-bond donors (Lipinski definition) is 1. The van der Waals surface area contributed by atoms with Crippen LogP contribution in [0.15, 0.2) is 24.5 Å². The van der Waals surface area contributed by atoms with Crippen LogP contribution < -0.4 is 5.73 Å². The van der Waals surface area contributed by atoms with Gasteiger partial charge in [0.15, 0.2) is 0 Å². The first-order valence-corrected chi connectivity index (χ1v) is 4.61. The predicted octanol–water partition coefficient (Wildman–Crippen LogP) is 0.312. The fraction of sp³-hybridized carbons (Fsp3) is 0.400. The molecule has 4 nitrogen and oxygen atoms in total. The molecule has 2 rings (SSSR count). The van der Waals surface area contributed by atoms with E-state index in [4.69, 9.17) is 5.73 Å². The normalized spacial score (nSPS) is 27.0. The smallest absolute Gasteiger partial charge is 0.224 e. The van der Waals surface area contributed by atoms with E-state index in [-0.39, 0.29) is 18.0 Å². The van der Waals surface area contributed by atoms with Crippen molar-refractivity contribution in [1.29, 1.82) is 0 Å². The molecular formula is C10H13N3O. The van der Waals surface area contributed by atoms with E-state index in [1.54, 1.807) is 24.3 Å². The molecule has 2 heterocycles. The van der Waals surface area contributed by atoms with Crippen molar-refractivity contribution in [1.82, 2.24) is 9.88 Å². The van der Waals surface area contributed by atoms with E-state index in [9.17, 15) is 4.79 Å². The molecular weight excluding hydrogens is 178 g/mol. The number of hydrogen-bond acceptors (Lipinski definition) is 3. The Morgan fingerprint density at radius 1 is 1.64 bits per heavy atom. The molecule has 1 aliphatic rings. The molecule has 2 atom stereocenters. The molecule has 0 unspecified atom stereocenters. The minimum Gasteiger partial charge on any atom is -0.337 e. The molecule has 1 saturated heterocycles. The van der Waals surface area contributed by atoms with Gasteiger partial charge in [0.2, 0.25) is 5.91 Å². The summed E-state index contributed by atoms with van der Waals surface area (Å²) in [5.74, 6) is 0.103. The molecule has 1 aromatic heterocycles. The van der Waals surface area contributed by atoms with Crippen LogP contribution in [-0.4, -0.2) is 28.9 Å². The second-order valence-corrected chi connectivity index (χ2v) is 3.60. The van der Waals surface area contributed by atoms with E-state index in [0.29, 0.717) is 6.42 Å². The predicted molar refractivity (Wildman–Crippen MR) is 52.3 cm³/mol. The van der Waals surface area contributed by atoms with E-state index in [1.165, 1.54) is 0 Å². The van der Waals surface area contributed by atoms with Crippen LogP contribution in [-0.2, 0) is 4.79 Å². The van der Waals surface area contributed by atoms with Crippen LogP contribution in [0.5, 0.6) is 0 Å². The van der Waals surface area contributed by atoms with Crippen molar-refractivity contribution in [2.45, 2.75) is 18.5 Å². The van der Waals surface area contributed by atoms with Gasteiger partial charge in [0.05, 0.1) is 6.04 Å². The van der Waals surface area contributed by atoms with Crippen molar-refractivity contribution in [2.24, 2.45) is 5.73 Å². The summed E-state index contributed by atoms with van der Waals surface area (Å²) in [5.41, 5.74) is 6.91. The van der Waals surface area contributed by atoms with E-state index in [1.807, 2.05) is 12.1 Å². The zero-order valence-corrected chi connectivity index (χ0v) is 8.05. The van der Waals surface area contributed by atoms with Crippen LogP contribution in [0.1, 0.15) is 18.0 Å². The van der Waals surface area contributed by atoms with Gasteiger partial charge >= 0.3 is 0 Å². The maximum Gasteiger partial charge on any atom is 0.224 e. The highest BCUT2D eigenvalue weighted by atomic mass is 16.2. The Labute approximate surface area is 82.7 Å². The third-order valence-electron chi connectivity index (χ3n) is 2.65. The topological polar surface area (TPSA) is 59.2 Å². The first kappa shape index (κ1) is 9.15. The number of likely N-dealkylation sites (tertiary alicyclic amines) is 1. The Bertz CT molecular complexity index is 338. The van der Waals surface area contributed by atoms with Gasteiger partial charge in [0.1, 0.15) is 0 Å². The lowest BCUT2D eigenvalue weighted by atomic mass is 10.0. The molecule has 1 aliphatic heterocycles. The molecule has 0 radical (unpaired) electrons. The summed E-state index contributed by atoms with van der Waals surface area (Å²) in [5, 5.41) is 0. The third kappa shape index (κ3) is 1.37. The summed E-state index contributed by atoms with van der Waals surface area (Å²) in [6.45, 7) is 0. The Kier molecular flexibility index (Phi) is 2.21. The van der Waals surface area contributed by atoms with Crippen molar-refractivity contribution in [3.05, 3.63) is 30.1 Å². The summed E-state index contributed by atoms with van der Waals surface area (Å²) in [4.78, 5) is 17.1. The fourth-order valence-corrected chi connectivity index (χ4v) is 1.92. The number of pyridine rings is 1. The summed E-state index contributed by atoms with van der Waals surface area (Å²) in [6.07, 6.45) is 3.90. The number of carbonyl (C=O) groups excluding carboxylic acids is 1. The van der Waals surface area contributed by atoms with E-state index >= 15 is 0 Å². The maximum atomic E-state index is 11.4. The van der Waals surface area contributed by atoms with Gasteiger partial charge in [-0.05, 0) is 11.6 Å². The minimum absolute atomic E-state index is 0.0174. The van der Waals surface area contributed by atoms with Crippen molar-refractivity contribution in [3.8, 4) is 0 Å². The standard InChI is InChI=1S/C10H13N3O/c1-13-9(14)5-8(11)10(13)7-3-2-4-12-6-7/h2-4,6,8,10H,5,11H2,1H3/t8-,10-/m1/s1. The lowest BCUT2D eigenvalue weighted by Gasteiger charge is -2.22. The highest BCUT2D eigenvalue weighted by molar-refractivity contribution is 5.80. The summed E-state index contributed by atoms with van der Waals surface area (Å²) < 4.78 is 0. The number of nitrogens with zero attached hydrogens (tertiary/aromatic N) is 2. The number of likely N-dealkylation sites (N-methyl/N-ethyl adjacent to an activating group) is 1. The molecule has 0 bridgehead atoms. The Hall–Kier alpha value is -1.42. The minimum atomic E-state index is -0.114. The molecule has 2 N–H and O–H groups in total. The number of rotatable bonds is 1. The van der Waals surface area contributed by atoms with Crippen LogP contribution in [0.25, 0.3) is 0 Å². The van der Waals surface area contributed by atoms with E-state index < -0.39 is 0 Å². The SMILES string of the molecule is CN1C(=O)C[C@@H](N)[C@H]1c1cccnc1. The Balaban J connectivity index is 2.31. The molecule has 0 aromatic carbocycles. The molecule has 0 spiro atoms. The maximum absolute atomic E-state index is 11.4. The van der Waals surface area contributed by atoms with Crippen LogP contribution in [0.2, 0.25) is 0 Å². The molecule has 0 aliphatic carbocycles. The lowest BCUT2D eigenvalue weighted by Crippen LogP contribution is -2.30. The van der Waals surface area contributed by atoms with Gasteiger partial charge in [-0.15, -0.1) is 0 Å². The van der Waals surface area contributed by atoms with Gasteiger partial charge in [0.25, 0.3) is 0 Å². The zero-order valence-electron chi connectivity index (χ0n) is 8.05. The number of carbonyl (C=O) groups is 1. The molecule has 4 heteroatoms. The molecule has 0 saturated carbocycles. The number of aromatic nitrogens is 1. The summed E-state index contributed by atoms with van der Waals surface area (Å²) in [7, 11) is 1.78. The number of nitrogens with two attached hydrogens (primary N) is 1. The van der Waals surface area contributed by atoms with Crippen molar-refractivity contribution in [2.75, 3.05) is 7.05 Å². The van der Waals surface area contributed by atoms with Gasteiger partial charge in [-0.1, -0.05) is 6.07 Å². The fourth-order valence-electron chi connectivity index (χ4n) is 1.92. The van der Waals surface area contributed by atoms with Crippen LogP contribution in [0.3, 0.4) is 0 Å². The first-order valence-electron chi connectivity index (χ1n) is 4.61. The molecule has 14 heavy (non-hydrogen) atoms. The van der Waals surface area contributed by atoms with E-state index in [2.05, 4.69) is 4.98 Å². The second kappa shape index (κ2) is 3.38. The summed E-state index contributed by atoms with van der Waals surface area (Å²) >= 11 is 0. The Morgan fingerprint density at radius 3 is 2.93 bits per heavy atom. The highest BCUT2D eigenvalue weighted by Crippen LogP contribution is 2.29. The number of amides is 1. The van der Waals surface area contributed by atoms with Crippen molar-refractivity contribution in [3.63, 3.8) is 0 Å². The van der Waals surface area contributed by atoms with E-state index in [0.717, 1.165) is 5.56 Å². The highest BCUT2D eigenvalue weighted by Gasteiger charge is 2.35. The monoisotopic (exact) mass is 191 g/mol. The molecule has 1 fully saturated rings. The van der Waals surface area contributed by atoms with Crippen LogP contribution >= 0.6 is 0 Å². The van der Waals surface area contributed by atoms with Crippen molar-refractivity contribution >= 4 is 5.91 Å². The Morgan fingerprint density at radius 2 is 2.43 bits per heavy atom. The molecule has 74 valence electrons. The lowest BCUT2D eigenvalue weighted by molar-refractivity contribution is -0.127. The van der Waals surface area contributed by atoms with Gasteiger partial charge in [-0.25, -0.2) is 0 Å². The van der Waals surface area contributed by atoms with Gasteiger partial charge in [-0.3, -0.25) is 9.78 Å². The average Bonchev–Trinajstić information content (AvgIpc) is 2.43. The third-order valence-corrected chi connectivity index (χ3v) is 2.65. The molecule has 1 amide bonds. The van der Waals surface area contributed by atoms with Crippen LogP contribution in [0.4, 0.5) is 0 Å². The molecule has 1 aromatic rings. The zero-order chi connectivity index (χ0) is 10.1. The second-order valence-electron chi connectivity index (χ2n) is 3.60. The first-order chi connectivity index (χ1) is 6.70. The van der Waals surface area contributed by atoms with Gasteiger partial charge < -0.3 is 10.6 Å². The van der Waals surface area contributed by atoms with Gasteiger partial charge in [0, 0.05) is 31.9 Å². The van der Waals surface area contributed by atoms with Crippen LogP contribution in [0, 0.1) is 0 Å². The average molecular weight is 191 g/mol. The van der Waals surface area contributed by atoms with Crippen molar-refractivity contribution < 1.29 is 4.79 Å².